The van der Waals surface area contributed by atoms with E-state index in [2.05, 4.69) is 20.2 Å². The van der Waals surface area contributed by atoms with Crippen LogP contribution in [0, 0.1) is 5.92 Å². The Morgan fingerprint density at radius 3 is 3.05 bits per heavy atom. The first-order valence-corrected chi connectivity index (χ1v) is 8.77. The molecule has 1 aromatic rings. The number of nitrogens with one attached hydrogen (secondary N) is 1. The maximum Gasteiger partial charge on any atom is 0.135 e. The monoisotopic (exact) mass is 302 g/mol. The Kier molecular flexibility index (Phi) is 3.78. The molecule has 0 amide bonds. The number of rotatable bonds is 1. The van der Waals surface area contributed by atoms with Gasteiger partial charge in [-0.05, 0) is 32.2 Å². The van der Waals surface area contributed by atoms with Gasteiger partial charge in [0.1, 0.15) is 12.1 Å². The van der Waals surface area contributed by atoms with Crippen LogP contribution in [0.2, 0.25) is 0 Å². The summed E-state index contributed by atoms with van der Waals surface area (Å²) in [5, 5.41) is 14.3. The molecule has 4 rings (SSSR count). The van der Waals surface area contributed by atoms with Crippen molar-refractivity contribution in [2.45, 2.75) is 50.5 Å². The summed E-state index contributed by atoms with van der Waals surface area (Å²) in [6.07, 6.45) is 9.19. The molecule has 1 aliphatic carbocycles. The molecule has 2 aliphatic heterocycles. The summed E-state index contributed by atoms with van der Waals surface area (Å²) in [6, 6.07) is 0. The van der Waals surface area contributed by atoms with E-state index >= 15 is 0 Å². The lowest BCUT2D eigenvalue weighted by molar-refractivity contribution is -0.0613. The second-order valence-corrected chi connectivity index (χ2v) is 7.11. The molecule has 0 unspecified atom stereocenters. The van der Waals surface area contributed by atoms with E-state index in [0.29, 0.717) is 5.92 Å². The van der Waals surface area contributed by atoms with Crippen molar-refractivity contribution < 1.29 is 5.11 Å². The van der Waals surface area contributed by atoms with E-state index < -0.39 is 5.60 Å². The normalized spacial score (nSPS) is 32.0. The number of piperidine rings is 1. The predicted molar refractivity (Wildman–Crippen MR) is 86.0 cm³/mol. The molecule has 5 heteroatoms. The van der Waals surface area contributed by atoms with E-state index in [-0.39, 0.29) is 0 Å². The molecule has 5 nitrogen and oxygen atoms in total. The third-order valence-corrected chi connectivity index (χ3v) is 5.83. The first-order chi connectivity index (χ1) is 10.8. The lowest BCUT2D eigenvalue weighted by atomic mass is 9.71. The zero-order valence-electron chi connectivity index (χ0n) is 13.2. The molecule has 2 fully saturated rings. The molecule has 0 aromatic carbocycles. The van der Waals surface area contributed by atoms with Crippen LogP contribution >= 0.6 is 0 Å². The summed E-state index contributed by atoms with van der Waals surface area (Å²) in [5.41, 5.74) is 2.12. The molecular formula is C17H26N4O. The molecule has 2 N–H and O–H groups in total. The molecule has 1 saturated heterocycles. The fourth-order valence-electron chi connectivity index (χ4n) is 4.49. The van der Waals surface area contributed by atoms with Crippen LogP contribution < -0.4 is 10.2 Å². The molecule has 0 radical (unpaired) electrons. The van der Waals surface area contributed by atoms with E-state index in [4.69, 9.17) is 0 Å². The molecule has 1 aromatic heterocycles. The van der Waals surface area contributed by atoms with Crippen molar-refractivity contribution >= 4 is 5.82 Å². The largest absolute Gasteiger partial charge is 0.389 e. The second kappa shape index (κ2) is 5.78. The van der Waals surface area contributed by atoms with Gasteiger partial charge in [0.05, 0.1) is 11.3 Å². The molecule has 22 heavy (non-hydrogen) atoms. The maximum absolute atomic E-state index is 10.9. The Hall–Kier alpha value is -1.20. The highest BCUT2D eigenvalue weighted by Crippen LogP contribution is 2.41. The Bertz CT molecular complexity index is 549. The third kappa shape index (κ3) is 2.50. The fraction of sp³-hybridized carbons (Fsp3) is 0.765. The van der Waals surface area contributed by atoms with Crippen LogP contribution in [0.3, 0.4) is 0 Å². The van der Waals surface area contributed by atoms with Gasteiger partial charge >= 0.3 is 0 Å². The van der Waals surface area contributed by atoms with Crippen molar-refractivity contribution in [2.24, 2.45) is 5.92 Å². The van der Waals surface area contributed by atoms with Crippen LogP contribution in [0.5, 0.6) is 0 Å². The summed E-state index contributed by atoms with van der Waals surface area (Å²) in [7, 11) is 0. The van der Waals surface area contributed by atoms with E-state index in [0.717, 1.165) is 64.1 Å². The molecule has 2 atom stereocenters. The van der Waals surface area contributed by atoms with Gasteiger partial charge in [0.2, 0.25) is 0 Å². The predicted octanol–water partition coefficient (Wildman–Crippen LogP) is 1.30. The summed E-state index contributed by atoms with van der Waals surface area (Å²) in [6.45, 7) is 3.89. The summed E-state index contributed by atoms with van der Waals surface area (Å²) < 4.78 is 0. The van der Waals surface area contributed by atoms with Crippen LogP contribution in [0.15, 0.2) is 6.33 Å². The SMILES string of the molecule is O[C@]12CCCC[C@H]1CN(c1ncnc3c1CCNCC3)CC2. The molecule has 0 spiro atoms. The Labute approximate surface area is 132 Å². The van der Waals surface area contributed by atoms with Crippen molar-refractivity contribution in [2.75, 3.05) is 31.1 Å². The Balaban J connectivity index is 1.60. The number of aliphatic hydroxyl groups is 1. The highest BCUT2D eigenvalue weighted by Gasteiger charge is 2.43. The minimum Gasteiger partial charge on any atom is -0.389 e. The topological polar surface area (TPSA) is 61.3 Å². The van der Waals surface area contributed by atoms with Crippen LogP contribution in [0.4, 0.5) is 5.82 Å². The number of hydrogen-bond acceptors (Lipinski definition) is 5. The van der Waals surface area contributed by atoms with Gasteiger partial charge in [0.25, 0.3) is 0 Å². The Morgan fingerprint density at radius 1 is 1.18 bits per heavy atom. The lowest BCUT2D eigenvalue weighted by Gasteiger charge is -2.48. The van der Waals surface area contributed by atoms with Crippen molar-refractivity contribution in [3.05, 3.63) is 17.6 Å². The van der Waals surface area contributed by atoms with Gasteiger partial charge in [0.15, 0.2) is 0 Å². The summed E-state index contributed by atoms with van der Waals surface area (Å²) in [4.78, 5) is 11.5. The quantitative estimate of drug-likeness (QED) is 0.819. The number of anilines is 1. The summed E-state index contributed by atoms with van der Waals surface area (Å²) in [5.74, 6) is 1.53. The minimum absolute atomic E-state index is 0.407. The fourth-order valence-corrected chi connectivity index (χ4v) is 4.49. The first kappa shape index (κ1) is 14.4. The molecule has 3 aliphatic rings. The van der Waals surface area contributed by atoms with E-state index in [1.807, 2.05) is 0 Å². The van der Waals surface area contributed by atoms with Crippen LogP contribution in [0.25, 0.3) is 0 Å². The molecular weight excluding hydrogens is 276 g/mol. The van der Waals surface area contributed by atoms with Gasteiger partial charge in [-0.3, -0.25) is 0 Å². The molecule has 3 heterocycles. The van der Waals surface area contributed by atoms with Crippen LogP contribution in [-0.4, -0.2) is 46.9 Å². The average Bonchev–Trinajstić information content (AvgIpc) is 2.79. The van der Waals surface area contributed by atoms with E-state index in [1.165, 1.54) is 24.1 Å². The van der Waals surface area contributed by atoms with Crippen molar-refractivity contribution in [1.29, 1.82) is 0 Å². The number of nitrogens with zero attached hydrogens (tertiary/aromatic N) is 3. The third-order valence-electron chi connectivity index (χ3n) is 5.83. The molecule has 0 bridgehead atoms. The highest BCUT2D eigenvalue weighted by atomic mass is 16.3. The zero-order valence-corrected chi connectivity index (χ0v) is 13.2. The van der Waals surface area contributed by atoms with Crippen LogP contribution in [-0.2, 0) is 12.8 Å². The van der Waals surface area contributed by atoms with Crippen molar-refractivity contribution in [3.63, 3.8) is 0 Å². The van der Waals surface area contributed by atoms with Gasteiger partial charge in [0, 0.05) is 37.5 Å². The van der Waals surface area contributed by atoms with Gasteiger partial charge in [-0.15, -0.1) is 0 Å². The maximum atomic E-state index is 10.9. The number of fused-ring (bicyclic) bond motifs is 2. The highest BCUT2D eigenvalue weighted by molar-refractivity contribution is 5.50. The Morgan fingerprint density at radius 2 is 2.09 bits per heavy atom. The number of aromatic nitrogens is 2. The van der Waals surface area contributed by atoms with E-state index in [9.17, 15) is 5.11 Å². The van der Waals surface area contributed by atoms with E-state index in [1.54, 1.807) is 6.33 Å². The van der Waals surface area contributed by atoms with Crippen molar-refractivity contribution in [3.8, 4) is 0 Å². The molecule has 1 saturated carbocycles. The molecule has 120 valence electrons. The second-order valence-electron chi connectivity index (χ2n) is 7.11. The van der Waals surface area contributed by atoms with Crippen molar-refractivity contribution in [1.82, 2.24) is 15.3 Å². The lowest BCUT2D eigenvalue weighted by Crippen LogP contribution is -2.53. The standard InChI is InChI=1S/C17H26N4O/c22-17-6-2-1-3-13(17)11-21(10-7-17)16-14-4-8-18-9-5-15(14)19-12-20-16/h12-13,18,22H,1-11H2/t13-,17-/m0/s1. The average molecular weight is 302 g/mol. The van der Waals surface area contributed by atoms with Gasteiger partial charge in [-0.25, -0.2) is 9.97 Å². The summed E-state index contributed by atoms with van der Waals surface area (Å²) >= 11 is 0. The zero-order chi connectivity index (χ0) is 15.0. The smallest absolute Gasteiger partial charge is 0.135 e. The van der Waals surface area contributed by atoms with Gasteiger partial charge in [-0.2, -0.15) is 0 Å². The van der Waals surface area contributed by atoms with Gasteiger partial charge in [-0.1, -0.05) is 12.8 Å². The first-order valence-electron chi connectivity index (χ1n) is 8.77. The minimum atomic E-state index is -0.416. The van der Waals surface area contributed by atoms with Crippen LogP contribution in [0.1, 0.15) is 43.4 Å². The van der Waals surface area contributed by atoms with Gasteiger partial charge < -0.3 is 15.3 Å². The number of hydrogen-bond donors (Lipinski definition) is 2.